The molecule has 3 aromatic rings. The summed E-state index contributed by atoms with van der Waals surface area (Å²) in [6.45, 7) is 4.85. The van der Waals surface area contributed by atoms with E-state index in [2.05, 4.69) is 0 Å². The standard InChI is InChI=1S/C25H30N2O7S2/c1-7-33-21-10-9-16(13-22(21)34-8-2)24-26-20(15-35-24)17-11-18(14-27(3)36(6,29)30)23(31-4)19(12-17)25(28)32-5/h9-13,15H,7-8,14H2,1-6H3. The summed E-state index contributed by atoms with van der Waals surface area (Å²) in [4.78, 5) is 17.3. The number of thiazole rings is 1. The molecule has 3 rings (SSSR count). The molecule has 0 radical (unpaired) electrons. The van der Waals surface area contributed by atoms with Crippen LogP contribution in [-0.2, 0) is 21.3 Å². The highest BCUT2D eigenvalue weighted by molar-refractivity contribution is 7.88. The van der Waals surface area contributed by atoms with Gasteiger partial charge in [-0.2, -0.15) is 0 Å². The smallest absolute Gasteiger partial charge is 0.341 e. The van der Waals surface area contributed by atoms with Crippen molar-refractivity contribution < 1.29 is 32.2 Å². The fourth-order valence-electron chi connectivity index (χ4n) is 3.54. The maximum absolute atomic E-state index is 12.5. The summed E-state index contributed by atoms with van der Waals surface area (Å²) in [5, 5.41) is 2.62. The van der Waals surface area contributed by atoms with Crippen molar-refractivity contribution in [1.82, 2.24) is 9.29 Å². The largest absolute Gasteiger partial charge is 0.496 e. The highest BCUT2D eigenvalue weighted by atomic mass is 32.2. The van der Waals surface area contributed by atoms with Crippen LogP contribution in [0.15, 0.2) is 35.7 Å². The Balaban J connectivity index is 2.08. The SMILES string of the molecule is CCOc1ccc(-c2nc(-c3cc(CN(C)S(C)(=O)=O)c(OC)c(C(=O)OC)c3)cs2)cc1OCC. The molecular weight excluding hydrogens is 504 g/mol. The molecule has 1 heterocycles. The van der Waals surface area contributed by atoms with Crippen LogP contribution < -0.4 is 14.2 Å². The Morgan fingerprint density at radius 3 is 2.33 bits per heavy atom. The molecule has 9 nitrogen and oxygen atoms in total. The van der Waals surface area contributed by atoms with Gasteiger partial charge in [-0.15, -0.1) is 11.3 Å². The first-order chi connectivity index (χ1) is 17.1. The van der Waals surface area contributed by atoms with E-state index in [-0.39, 0.29) is 17.9 Å². The number of sulfonamides is 1. The zero-order valence-corrected chi connectivity index (χ0v) is 22.8. The van der Waals surface area contributed by atoms with Crippen molar-refractivity contribution in [3.8, 4) is 39.1 Å². The van der Waals surface area contributed by atoms with Gasteiger partial charge in [-0.1, -0.05) is 0 Å². The van der Waals surface area contributed by atoms with Crippen LogP contribution in [0.2, 0.25) is 0 Å². The molecule has 194 valence electrons. The average Bonchev–Trinajstić information content (AvgIpc) is 3.34. The van der Waals surface area contributed by atoms with Gasteiger partial charge in [-0.3, -0.25) is 0 Å². The number of nitrogens with zero attached hydrogens (tertiary/aromatic N) is 2. The van der Waals surface area contributed by atoms with Crippen LogP contribution in [0.3, 0.4) is 0 Å². The van der Waals surface area contributed by atoms with Gasteiger partial charge in [-0.25, -0.2) is 22.5 Å². The summed E-state index contributed by atoms with van der Waals surface area (Å²) < 4.78 is 47.0. The summed E-state index contributed by atoms with van der Waals surface area (Å²) in [6.07, 6.45) is 1.12. The molecule has 0 amide bonds. The first-order valence-electron chi connectivity index (χ1n) is 11.2. The van der Waals surface area contributed by atoms with Crippen molar-refractivity contribution in [2.24, 2.45) is 0 Å². The zero-order chi connectivity index (χ0) is 26.5. The van der Waals surface area contributed by atoms with Crippen molar-refractivity contribution in [3.05, 3.63) is 46.8 Å². The molecule has 0 saturated carbocycles. The second-order valence-electron chi connectivity index (χ2n) is 7.79. The van der Waals surface area contributed by atoms with E-state index >= 15 is 0 Å². The Hall–Kier alpha value is -3.15. The first kappa shape index (κ1) is 27.4. The van der Waals surface area contributed by atoms with E-state index in [9.17, 15) is 13.2 Å². The Morgan fingerprint density at radius 1 is 1.03 bits per heavy atom. The number of carbonyl (C=O) groups excluding carboxylic acids is 1. The predicted octanol–water partition coefficient (Wildman–Crippen LogP) is 4.46. The van der Waals surface area contributed by atoms with Crippen LogP contribution in [0.25, 0.3) is 21.8 Å². The molecule has 0 aliphatic heterocycles. The Morgan fingerprint density at radius 2 is 1.72 bits per heavy atom. The quantitative estimate of drug-likeness (QED) is 0.332. The second-order valence-corrected chi connectivity index (χ2v) is 10.7. The van der Waals surface area contributed by atoms with E-state index in [1.54, 1.807) is 12.1 Å². The molecule has 0 saturated heterocycles. The van der Waals surface area contributed by atoms with E-state index < -0.39 is 16.0 Å². The monoisotopic (exact) mass is 534 g/mol. The van der Waals surface area contributed by atoms with Crippen LogP contribution >= 0.6 is 11.3 Å². The zero-order valence-electron chi connectivity index (χ0n) is 21.2. The molecule has 0 bridgehead atoms. The molecule has 0 aliphatic carbocycles. The van der Waals surface area contributed by atoms with Gasteiger partial charge in [0.15, 0.2) is 11.5 Å². The number of benzene rings is 2. The first-order valence-corrected chi connectivity index (χ1v) is 13.9. The molecule has 2 aromatic carbocycles. The van der Waals surface area contributed by atoms with E-state index in [4.69, 9.17) is 23.9 Å². The average molecular weight is 535 g/mol. The van der Waals surface area contributed by atoms with Gasteiger partial charge in [-0.05, 0) is 44.2 Å². The van der Waals surface area contributed by atoms with Crippen LogP contribution in [0.4, 0.5) is 0 Å². The number of hydrogen-bond donors (Lipinski definition) is 0. The summed E-state index contributed by atoms with van der Waals surface area (Å²) in [5.41, 5.74) is 2.81. The lowest BCUT2D eigenvalue weighted by Gasteiger charge is -2.19. The lowest BCUT2D eigenvalue weighted by Crippen LogP contribution is -2.25. The second kappa shape index (κ2) is 11.7. The lowest BCUT2D eigenvalue weighted by molar-refractivity contribution is 0.0597. The number of methoxy groups -OCH3 is 2. The maximum atomic E-state index is 12.5. The third kappa shape index (κ3) is 6.15. The highest BCUT2D eigenvalue weighted by Crippen LogP contribution is 2.37. The maximum Gasteiger partial charge on any atom is 0.341 e. The fraction of sp³-hybridized carbons (Fsp3) is 0.360. The van der Waals surface area contributed by atoms with Gasteiger partial charge in [0.1, 0.15) is 16.3 Å². The van der Waals surface area contributed by atoms with Crippen LogP contribution in [0.1, 0.15) is 29.8 Å². The third-order valence-corrected chi connectivity index (χ3v) is 7.48. The molecule has 36 heavy (non-hydrogen) atoms. The van der Waals surface area contributed by atoms with Crippen molar-refractivity contribution in [2.45, 2.75) is 20.4 Å². The normalized spacial score (nSPS) is 11.4. The third-order valence-electron chi connectivity index (χ3n) is 5.32. The van der Waals surface area contributed by atoms with Crippen LogP contribution in [-0.4, -0.2) is 64.4 Å². The molecule has 0 fully saturated rings. The molecule has 0 unspecified atom stereocenters. The summed E-state index contributed by atoms with van der Waals surface area (Å²) in [7, 11) is 0.698. The van der Waals surface area contributed by atoms with Gasteiger partial charge in [0, 0.05) is 35.7 Å². The van der Waals surface area contributed by atoms with E-state index in [0.29, 0.717) is 41.5 Å². The topological polar surface area (TPSA) is 104 Å². The fourth-order valence-corrected chi connectivity index (χ4v) is 4.74. The van der Waals surface area contributed by atoms with E-state index in [1.807, 2.05) is 37.4 Å². The lowest BCUT2D eigenvalue weighted by atomic mass is 10.0. The molecular formula is C25H30N2O7S2. The number of aromatic nitrogens is 1. The Kier molecular flexibility index (Phi) is 8.93. The summed E-state index contributed by atoms with van der Waals surface area (Å²) in [6, 6.07) is 9.06. The number of esters is 1. The summed E-state index contributed by atoms with van der Waals surface area (Å²) in [5.74, 6) is 0.958. The Bertz CT molecular complexity index is 1340. The molecule has 0 aliphatic rings. The van der Waals surface area contributed by atoms with Gasteiger partial charge in [0.25, 0.3) is 0 Å². The number of hydrogen-bond acceptors (Lipinski definition) is 9. The van der Waals surface area contributed by atoms with Crippen LogP contribution in [0, 0.1) is 0 Å². The van der Waals surface area contributed by atoms with Crippen molar-refractivity contribution in [3.63, 3.8) is 0 Å². The van der Waals surface area contributed by atoms with E-state index in [0.717, 1.165) is 16.8 Å². The molecule has 11 heteroatoms. The minimum absolute atomic E-state index is 0.00738. The number of carbonyl (C=O) groups is 1. The molecule has 1 aromatic heterocycles. The molecule has 0 N–H and O–H groups in total. The minimum Gasteiger partial charge on any atom is -0.496 e. The van der Waals surface area contributed by atoms with Crippen molar-refractivity contribution in [1.29, 1.82) is 0 Å². The number of ether oxygens (including phenoxy) is 4. The van der Waals surface area contributed by atoms with Crippen LogP contribution in [0.5, 0.6) is 17.2 Å². The van der Waals surface area contributed by atoms with E-state index in [1.165, 1.54) is 36.9 Å². The van der Waals surface area contributed by atoms with Gasteiger partial charge in [0.05, 0.1) is 39.4 Å². The summed E-state index contributed by atoms with van der Waals surface area (Å²) >= 11 is 1.44. The Labute approximate surface area is 215 Å². The van der Waals surface area contributed by atoms with Crippen molar-refractivity contribution >= 4 is 27.3 Å². The van der Waals surface area contributed by atoms with Crippen molar-refractivity contribution in [2.75, 3.05) is 40.7 Å². The van der Waals surface area contributed by atoms with Gasteiger partial charge >= 0.3 is 5.97 Å². The molecule has 0 atom stereocenters. The van der Waals surface area contributed by atoms with Gasteiger partial charge in [0.2, 0.25) is 10.0 Å². The minimum atomic E-state index is -3.46. The van der Waals surface area contributed by atoms with Gasteiger partial charge < -0.3 is 18.9 Å². The number of rotatable bonds is 11. The molecule has 0 spiro atoms. The predicted molar refractivity (Wildman–Crippen MR) is 140 cm³/mol. The highest BCUT2D eigenvalue weighted by Gasteiger charge is 2.23.